The van der Waals surface area contributed by atoms with E-state index in [1.165, 1.54) is 12.7 Å². The minimum atomic E-state index is -5.57. The fourth-order valence-electron chi connectivity index (χ4n) is 5.17. The average Bonchev–Trinajstić information content (AvgIpc) is 3.63. The van der Waals surface area contributed by atoms with Crippen LogP contribution in [0, 0.1) is 13.8 Å². The van der Waals surface area contributed by atoms with Crippen LogP contribution in [0.3, 0.4) is 0 Å². The molecule has 5 N–H and O–H groups in total. The van der Waals surface area contributed by atoms with E-state index in [1.807, 2.05) is 6.92 Å². The summed E-state index contributed by atoms with van der Waals surface area (Å²) in [7, 11) is -15.7. The molecule has 2 aliphatic rings. The van der Waals surface area contributed by atoms with Crippen LogP contribution in [0.4, 0.5) is 5.82 Å². The Kier molecular flexibility index (Phi) is 10.3. The fourth-order valence-corrected chi connectivity index (χ4v) is 9.30. The first-order valence-electron chi connectivity index (χ1n) is 14.2. The van der Waals surface area contributed by atoms with Gasteiger partial charge in [-0.25, -0.2) is 28.4 Å². The molecule has 2 saturated heterocycles. The maximum absolute atomic E-state index is 12.7. The van der Waals surface area contributed by atoms with E-state index < -0.39 is 66.8 Å². The smallest absolute Gasteiger partial charge is 0.382 e. The lowest BCUT2D eigenvalue weighted by atomic mass is 10.1. The average molecular weight is 692 g/mol. The maximum Gasteiger partial charge on any atom is 0.488 e. The van der Waals surface area contributed by atoms with Gasteiger partial charge in [0.1, 0.15) is 30.2 Å². The van der Waals surface area contributed by atoms with Crippen molar-refractivity contribution >= 4 is 40.2 Å². The predicted octanol–water partition coefficient (Wildman–Crippen LogP) is 4.25. The number of phosphoric ester groups is 1. The Morgan fingerprint density at radius 1 is 0.956 bits per heavy atom. The van der Waals surface area contributed by atoms with E-state index in [4.69, 9.17) is 24.5 Å². The first-order valence-corrected chi connectivity index (χ1v) is 18.9. The van der Waals surface area contributed by atoms with Gasteiger partial charge in [0, 0.05) is 0 Å². The van der Waals surface area contributed by atoms with E-state index >= 15 is 0 Å². The van der Waals surface area contributed by atoms with Crippen LogP contribution in [0.1, 0.15) is 55.5 Å². The molecule has 248 valence electrons. The number of hydrogen-bond donors (Lipinski definition) is 4. The van der Waals surface area contributed by atoms with Crippen molar-refractivity contribution in [1.82, 2.24) is 19.5 Å². The predicted molar refractivity (Wildman–Crippen MR) is 159 cm³/mol. The van der Waals surface area contributed by atoms with Gasteiger partial charge in [0.2, 0.25) is 0 Å². The van der Waals surface area contributed by atoms with Gasteiger partial charge < -0.3 is 34.6 Å². The molecule has 0 saturated carbocycles. The molecule has 17 nitrogen and oxygen atoms in total. The van der Waals surface area contributed by atoms with Crippen molar-refractivity contribution < 1.29 is 55.7 Å². The number of ether oxygens (including phenoxy) is 3. The van der Waals surface area contributed by atoms with E-state index in [1.54, 1.807) is 29.7 Å². The van der Waals surface area contributed by atoms with Gasteiger partial charge in [-0.2, -0.15) is 4.31 Å². The van der Waals surface area contributed by atoms with Gasteiger partial charge >= 0.3 is 23.2 Å². The summed E-state index contributed by atoms with van der Waals surface area (Å²) in [5.74, 6) is 0.157. The minimum Gasteiger partial charge on any atom is -0.382 e. The Morgan fingerprint density at radius 3 is 2.44 bits per heavy atom. The number of unbranched alkanes of at least 4 members (excludes halogenated alkanes) is 2. The van der Waals surface area contributed by atoms with Crippen LogP contribution in [-0.2, 0) is 47.2 Å². The lowest BCUT2D eigenvalue weighted by molar-refractivity contribution is -0.152. The Bertz CT molecular complexity index is 1670. The lowest BCUT2D eigenvalue weighted by Gasteiger charge is -2.22. The number of hydrogen-bond acceptors (Lipinski definition) is 13. The molecular weight excluding hydrogens is 655 g/mol. The first-order chi connectivity index (χ1) is 21.2. The van der Waals surface area contributed by atoms with Crippen molar-refractivity contribution in [1.29, 1.82) is 0 Å². The maximum atomic E-state index is 12.7. The number of nitrogens with two attached hydrogens (primary N) is 1. The van der Waals surface area contributed by atoms with Crippen molar-refractivity contribution in [3.05, 3.63) is 47.5 Å². The molecule has 2 fully saturated rings. The van der Waals surface area contributed by atoms with Gasteiger partial charge in [0.15, 0.2) is 24.0 Å². The van der Waals surface area contributed by atoms with Gasteiger partial charge in [0.25, 0.3) is 0 Å². The highest BCUT2D eigenvalue weighted by Crippen LogP contribution is 2.68. The monoisotopic (exact) mass is 691 g/mol. The zero-order valence-corrected chi connectivity index (χ0v) is 27.4. The van der Waals surface area contributed by atoms with E-state index in [0.29, 0.717) is 23.1 Å². The molecule has 0 bridgehead atoms. The first kappa shape index (κ1) is 34.2. The van der Waals surface area contributed by atoms with Gasteiger partial charge in [-0.15, -0.1) is 0 Å². The molecule has 4 unspecified atom stereocenters. The second-order valence-electron chi connectivity index (χ2n) is 10.9. The number of nitrogen functional groups attached to an aromatic ring is 1. The highest BCUT2D eigenvalue weighted by atomic mass is 31.3. The molecule has 2 aromatic heterocycles. The number of anilines is 1. The van der Waals surface area contributed by atoms with E-state index in [2.05, 4.69) is 30.5 Å². The highest BCUT2D eigenvalue weighted by Gasteiger charge is 2.54. The standard InChI is InChI=1S/C25H36N5O12P3/c1-4-5-6-7-19-39-21-18(38-25(22(21)40-19)30-14-29-20-23(26)27-13-28-24(20)30)11-37-44(33,34)42-45(35,36)41-43(31,32)12-17-9-8-15(2)16(3)10-17/h8-10,13-14,18-19,21-22,25H,4-7,11-12H2,1-3H3,(H,31,32)(H,33,34)(H,35,36)(H2,26,27,28)/t18-,19?,21+,22+,25-/m1/s1. The molecule has 5 rings (SSSR count). The Hall–Kier alpha value is -2.10. The van der Waals surface area contributed by atoms with E-state index in [9.17, 15) is 28.4 Å². The number of phosphoric acid groups is 2. The molecule has 0 aliphatic carbocycles. The van der Waals surface area contributed by atoms with Crippen molar-refractivity contribution in [2.45, 2.75) is 83.4 Å². The molecule has 4 heterocycles. The number of imidazole rings is 1. The minimum absolute atomic E-state index is 0.157. The Labute approximate surface area is 258 Å². The van der Waals surface area contributed by atoms with Crippen molar-refractivity contribution in [3.63, 3.8) is 0 Å². The number of aryl methyl sites for hydroxylation is 2. The molecular formula is C25H36N5O12P3. The third kappa shape index (κ3) is 8.25. The zero-order chi connectivity index (χ0) is 32.6. The number of aromatic nitrogens is 4. The molecule has 3 aromatic rings. The molecule has 8 atom stereocenters. The number of nitrogens with zero attached hydrogens (tertiary/aromatic N) is 4. The number of fused-ring (bicyclic) bond motifs is 2. The van der Waals surface area contributed by atoms with Crippen LogP contribution in [0.25, 0.3) is 11.2 Å². The van der Waals surface area contributed by atoms with Crippen molar-refractivity contribution in [2.24, 2.45) is 0 Å². The quantitative estimate of drug-likeness (QED) is 0.136. The third-order valence-corrected chi connectivity index (χ3v) is 12.1. The lowest BCUT2D eigenvalue weighted by Crippen LogP contribution is -2.31. The third-order valence-electron chi connectivity index (χ3n) is 7.40. The summed E-state index contributed by atoms with van der Waals surface area (Å²) in [5, 5.41) is 0. The number of benzene rings is 1. The fraction of sp³-hybridized carbons (Fsp3) is 0.560. The molecule has 45 heavy (non-hydrogen) atoms. The molecule has 0 radical (unpaired) electrons. The van der Waals surface area contributed by atoms with Crippen molar-refractivity contribution in [2.75, 3.05) is 12.3 Å². The van der Waals surface area contributed by atoms with Crippen LogP contribution >= 0.6 is 23.2 Å². The van der Waals surface area contributed by atoms with Gasteiger partial charge in [-0.1, -0.05) is 38.0 Å². The largest absolute Gasteiger partial charge is 0.488 e. The zero-order valence-electron chi connectivity index (χ0n) is 24.7. The highest BCUT2D eigenvalue weighted by molar-refractivity contribution is 7.68. The van der Waals surface area contributed by atoms with Crippen molar-refractivity contribution in [3.8, 4) is 0 Å². The summed E-state index contributed by atoms with van der Waals surface area (Å²) in [5.41, 5.74) is 8.72. The second-order valence-corrected chi connectivity index (χ2v) is 15.9. The molecule has 1 aromatic carbocycles. The normalized spacial score (nSPS) is 27.2. The van der Waals surface area contributed by atoms with Crippen LogP contribution in [0.15, 0.2) is 30.9 Å². The van der Waals surface area contributed by atoms with Gasteiger partial charge in [-0.05, 0) is 43.4 Å². The summed E-state index contributed by atoms with van der Waals surface area (Å²) in [6.45, 7) is 5.05. The Morgan fingerprint density at radius 2 is 1.71 bits per heavy atom. The summed E-state index contributed by atoms with van der Waals surface area (Å²) in [6, 6.07) is 4.88. The van der Waals surface area contributed by atoms with E-state index in [-0.39, 0.29) is 5.82 Å². The van der Waals surface area contributed by atoms with Gasteiger partial charge in [-0.3, -0.25) is 13.7 Å². The molecule has 20 heteroatoms. The summed E-state index contributed by atoms with van der Waals surface area (Å²) >= 11 is 0. The number of rotatable bonds is 14. The van der Waals surface area contributed by atoms with Crippen LogP contribution in [-0.4, -0.2) is 65.4 Å². The SMILES string of the molecule is CCCCCC1O[C@@H]2[C@H](O1)[C@H](n1cnc3c(N)ncnc31)O[C@@H]2COP(=O)(O)OP(=O)(O)OP(=O)(O)Cc1ccc(C)c(C)c1. The molecule has 0 spiro atoms. The second kappa shape index (κ2) is 13.6. The summed E-state index contributed by atoms with van der Waals surface area (Å²) in [6.07, 6.45) is 1.49. The molecule has 2 aliphatic heterocycles. The summed E-state index contributed by atoms with van der Waals surface area (Å²) in [4.78, 5) is 43.0. The molecule has 0 amide bonds. The van der Waals surface area contributed by atoms with Crippen LogP contribution in [0.5, 0.6) is 0 Å². The van der Waals surface area contributed by atoms with Crippen LogP contribution < -0.4 is 5.73 Å². The van der Waals surface area contributed by atoms with E-state index in [0.717, 1.165) is 30.4 Å². The van der Waals surface area contributed by atoms with Gasteiger partial charge in [0.05, 0.1) is 19.1 Å². The van der Waals surface area contributed by atoms with Crippen LogP contribution in [0.2, 0.25) is 0 Å². The Balaban J connectivity index is 1.26. The summed E-state index contributed by atoms with van der Waals surface area (Å²) < 4.78 is 71.5. The topological polar surface area (TPSA) is 237 Å².